The molecule has 1 aromatic heterocycles. The first-order valence-electron chi connectivity index (χ1n) is 7.45. The zero-order valence-corrected chi connectivity index (χ0v) is 13.5. The Morgan fingerprint density at radius 3 is 2.82 bits per heavy atom. The van der Waals surface area contributed by atoms with Crippen molar-refractivity contribution in [3.8, 4) is 0 Å². The molecular weight excluding hydrogens is 292 g/mol. The van der Waals surface area contributed by atoms with Crippen LogP contribution in [0.25, 0.3) is 6.08 Å². The summed E-state index contributed by atoms with van der Waals surface area (Å²) >= 11 is 1.70. The zero-order valence-electron chi connectivity index (χ0n) is 12.7. The molecule has 4 heteroatoms. The van der Waals surface area contributed by atoms with Crippen LogP contribution < -0.4 is 10.2 Å². The predicted molar refractivity (Wildman–Crippen MR) is 91.0 cm³/mol. The molecule has 0 unspecified atom stereocenters. The Labute approximate surface area is 134 Å². The molecule has 0 bridgehead atoms. The summed E-state index contributed by atoms with van der Waals surface area (Å²) in [7, 11) is 0. The van der Waals surface area contributed by atoms with Gasteiger partial charge in [-0.2, -0.15) is 0 Å². The lowest BCUT2D eigenvalue weighted by Crippen LogP contribution is -2.58. The normalized spacial score (nSPS) is 25.4. The highest BCUT2D eigenvalue weighted by molar-refractivity contribution is 7.10. The van der Waals surface area contributed by atoms with Crippen LogP contribution in [-0.4, -0.2) is 18.1 Å². The molecule has 3 heterocycles. The maximum Gasteiger partial charge on any atom is 0.241 e. The number of rotatable bonds is 2. The first kappa shape index (κ1) is 13.6. The molecular formula is C18H18N2OS. The van der Waals surface area contributed by atoms with Crippen LogP contribution in [0.2, 0.25) is 0 Å². The van der Waals surface area contributed by atoms with E-state index in [9.17, 15) is 4.79 Å². The van der Waals surface area contributed by atoms with E-state index >= 15 is 0 Å². The molecule has 1 atom stereocenters. The van der Waals surface area contributed by atoms with Gasteiger partial charge in [-0.15, -0.1) is 11.3 Å². The topological polar surface area (TPSA) is 32.3 Å². The number of nitrogens with zero attached hydrogens (tertiary/aromatic N) is 1. The lowest BCUT2D eigenvalue weighted by atomic mass is 9.75. The van der Waals surface area contributed by atoms with Crippen molar-refractivity contribution in [2.45, 2.75) is 24.9 Å². The van der Waals surface area contributed by atoms with Crippen LogP contribution in [0.15, 0.2) is 47.9 Å². The fourth-order valence-corrected chi connectivity index (χ4v) is 4.35. The Hall–Kier alpha value is -2.07. The summed E-state index contributed by atoms with van der Waals surface area (Å²) in [6.45, 7) is 4.82. The van der Waals surface area contributed by atoms with E-state index < -0.39 is 5.66 Å². The van der Waals surface area contributed by atoms with Crippen LogP contribution in [0, 0.1) is 0 Å². The Kier molecular flexibility index (Phi) is 2.76. The van der Waals surface area contributed by atoms with Crippen LogP contribution >= 0.6 is 11.3 Å². The summed E-state index contributed by atoms with van der Waals surface area (Å²) in [4.78, 5) is 15.5. The smallest absolute Gasteiger partial charge is 0.241 e. The molecule has 3 nitrogen and oxygen atoms in total. The van der Waals surface area contributed by atoms with Gasteiger partial charge in [0.25, 0.3) is 0 Å². The molecule has 1 amide bonds. The highest BCUT2D eigenvalue weighted by atomic mass is 32.1. The third-order valence-electron chi connectivity index (χ3n) is 4.91. The van der Waals surface area contributed by atoms with E-state index in [1.165, 1.54) is 10.4 Å². The summed E-state index contributed by atoms with van der Waals surface area (Å²) in [6, 6.07) is 12.5. The van der Waals surface area contributed by atoms with E-state index in [2.05, 4.69) is 65.9 Å². The number of nitrogens with one attached hydrogen (secondary N) is 1. The van der Waals surface area contributed by atoms with Gasteiger partial charge >= 0.3 is 0 Å². The van der Waals surface area contributed by atoms with E-state index in [1.54, 1.807) is 11.3 Å². The van der Waals surface area contributed by atoms with Gasteiger partial charge in [-0.05, 0) is 35.2 Å². The molecule has 1 fully saturated rings. The Morgan fingerprint density at radius 1 is 1.23 bits per heavy atom. The van der Waals surface area contributed by atoms with Crippen molar-refractivity contribution in [2.24, 2.45) is 0 Å². The molecule has 112 valence electrons. The van der Waals surface area contributed by atoms with Gasteiger partial charge in [0.1, 0.15) is 5.66 Å². The van der Waals surface area contributed by atoms with Crippen molar-refractivity contribution in [2.75, 3.05) is 11.4 Å². The van der Waals surface area contributed by atoms with E-state index in [0.717, 1.165) is 5.69 Å². The summed E-state index contributed by atoms with van der Waals surface area (Å²) in [5.74, 6) is 0.0819. The molecule has 2 aliphatic rings. The van der Waals surface area contributed by atoms with Gasteiger partial charge in [-0.1, -0.05) is 38.1 Å². The number of carbonyl (C=O) groups is 1. The molecule has 4 rings (SSSR count). The number of anilines is 1. The molecule has 0 radical (unpaired) electrons. The summed E-state index contributed by atoms with van der Waals surface area (Å²) < 4.78 is 0. The quantitative estimate of drug-likeness (QED) is 0.922. The maximum atomic E-state index is 12.1. The predicted octanol–water partition coefficient (Wildman–Crippen LogP) is 3.39. The van der Waals surface area contributed by atoms with Gasteiger partial charge in [0.15, 0.2) is 0 Å². The zero-order chi connectivity index (χ0) is 15.4. The summed E-state index contributed by atoms with van der Waals surface area (Å²) in [5, 5.41) is 5.30. The molecule has 22 heavy (non-hydrogen) atoms. The molecule has 1 saturated heterocycles. The van der Waals surface area contributed by atoms with Crippen molar-refractivity contribution in [1.82, 2.24) is 5.32 Å². The minimum atomic E-state index is -0.488. The third-order valence-corrected chi connectivity index (χ3v) is 5.75. The van der Waals surface area contributed by atoms with Gasteiger partial charge in [0.05, 0.1) is 6.54 Å². The van der Waals surface area contributed by atoms with Crippen molar-refractivity contribution in [1.29, 1.82) is 0 Å². The number of para-hydroxylation sites is 1. The minimum Gasteiger partial charge on any atom is -0.335 e. The lowest BCUT2D eigenvalue weighted by Gasteiger charge is -2.40. The Bertz CT molecular complexity index is 763. The van der Waals surface area contributed by atoms with Crippen molar-refractivity contribution < 1.29 is 4.79 Å². The summed E-state index contributed by atoms with van der Waals surface area (Å²) in [5.41, 5.74) is 1.76. The van der Waals surface area contributed by atoms with Crippen LogP contribution in [0.5, 0.6) is 0 Å². The number of amides is 1. The van der Waals surface area contributed by atoms with E-state index in [1.807, 2.05) is 12.1 Å². The van der Waals surface area contributed by atoms with E-state index in [0.29, 0.717) is 6.54 Å². The van der Waals surface area contributed by atoms with Gasteiger partial charge in [-0.3, -0.25) is 4.79 Å². The van der Waals surface area contributed by atoms with Crippen LogP contribution in [-0.2, 0) is 10.2 Å². The average Bonchev–Trinajstić information content (AvgIpc) is 3.16. The second-order valence-electron chi connectivity index (χ2n) is 6.39. The first-order chi connectivity index (χ1) is 10.5. The molecule has 0 aliphatic carbocycles. The highest BCUT2D eigenvalue weighted by Gasteiger charge is 2.59. The number of thiophene rings is 1. The second-order valence-corrected chi connectivity index (χ2v) is 7.37. The number of carbonyl (C=O) groups excluding carboxylic acids is 1. The minimum absolute atomic E-state index is 0.0819. The van der Waals surface area contributed by atoms with Crippen molar-refractivity contribution >= 4 is 29.0 Å². The SMILES string of the molecule is CC1(C)c2ccccc2N2CC(=O)N[C@@]21/C=C/c1cccs1. The first-order valence-corrected chi connectivity index (χ1v) is 8.33. The fraction of sp³-hybridized carbons (Fsp3) is 0.278. The average molecular weight is 310 g/mol. The second kappa shape index (κ2) is 4.46. The molecule has 2 aliphatic heterocycles. The van der Waals surface area contributed by atoms with Gasteiger partial charge in [0, 0.05) is 16.0 Å². The molecule has 1 aromatic carbocycles. The van der Waals surface area contributed by atoms with Crippen LogP contribution in [0.4, 0.5) is 5.69 Å². The largest absolute Gasteiger partial charge is 0.335 e. The van der Waals surface area contributed by atoms with Crippen LogP contribution in [0.1, 0.15) is 24.3 Å². The molecule has 0 saturated carbocycles. The van der Waals surface area contributed by atoms with E-state index in [-0.39, 0.29) is 11.3 Å². The monoisotopic (exact) mass is 310 g/mol. The van der Waals surface area contributed by atoms with E-state index in [4.69, 9.17) is 0 Å². The maximum absolute atomic E-state index is 12.1. The van der Waals surface area contributed by atoms with Gasteiger partial charge < -0.3 is 10.2 Å². The number of hydrogen-bond donors (Lipinski definition) is 1. The number of benzene rings is 1. The molecule has 1 N–H and O–H groups in total. The third kappa shape index (κ3) is 1.64. The van der Waals surface area contributed by atoms with Gasteiger partial charge in [-0.25, -0.2) is 0 Å². The Balaban J connectivity index is 1.87. The molecule has 2 aromatic rings. The van der Waals surface area contributed by atoms with Crippen LogP contribution in [0.3, 0.4) is 0 Å². The molecule has 0 spiro atoms. The van der Waals surface area contributed by atoms with Crippen molar-refractivity contribution in [3.63, 3.8) is 0 Å². The highest BCUT2D eigenvalue weighted by Crippen LogP contribution is 2.52. The van der Waals surface area contributed by atoms with Crippen molar-refractivity contribution in [3.05, 3.63) is 58.3 Å². The fourth-order valence-electron chi connectivity index (χ4n) is 3.73. The Morgan fingerprint density at radius 2 is 2.05 bits per heavy atom. The van der Waals surface area contributed by atoms with Gasteiger partial charge in [0.2, 0.25) is 5.91 Å². The lowest BCUT2D eigenvalue weighted by molar-refractivity contribution is -0.118. The standard InChI is InChI=1S/C18H18N2OS/c1-17(2)14-7-3-4-8-15(14)20-12-16(21)19-18(17,20)10-9-13-6-5-11-22-13/h3-11H,12H2,1-2H3,(H,19,21)/b10-9+/t18-/m0/s1. The number of fused-ring (bicyclic) bond motifs is 3. The number of hydrogen-bond acceptors (Lipinski definition) is 3. The summed E-state index contributed by atoms with van der Waals surface area (Å²) in [6.07, 6.45) is 4.28.